The van der Waals surface area contributed by atoms with Crippen molar-refractivity contribution in [3.63, 3.8) is 0 Å². The number of aromatic nitrogens is 5. The molecule has 0 aliphatic heterocycles. The molecule has 0 unspecified atom stereocenters. The van der Waals surface area contributed by atoms with E-state index in [2.05, 4.69) is 26.6 Å². The summed E-state index contributed by atoms with van der Waals surface area (Å²) in [5.41, 5.74) is 2.11. The number of allylic oxidation sites excluding steroid dienone is 1. The van der Waals surface area contributed by atoms with Crippen molar-refractivity contribution in [3.05, 3.63) is 55.1 Å². The van der Waals surface area contributed by atoms with Gasteiger partial charge in [-0.1, -0.05) is 6.58 Å². The third-order valence-corrected chi connectivity index (χ3v) is 2.74. The Labute approximate surface area is 122 Å². The lowest BCUT2D eigenvalue weighted by Crippen LogP contribution is -2.06. The highest BCUT2D eigenvalue weighted by atomic mass is 19.1. The van der Waals surface area contributed by atoms with E-state index in [0.29, 0.717) is 17.9 Å². The summed E-state index contributed by atoms with van der Waals surface area (Å²) in [6.45, 7) is 8.36. The second-order valence-electron chi connectivity index (χ2n) is 4.40. The van der Waals surface area contributed by atoms with Crippen molar-refractivity contribution in [1.29, 1.82) is 0 Å². The van der Waals surface area contributed by atoms with Crippen LogP contribution in [0.5, 0.6) is 0 Å². The van der Waals surface area contributed by atoms with Gasteiger partial charge in [-0.15, -0.1) is 0 Å². The molecule has 0 spiro atoms. The summed E-state index contributed by atoms with van der Waals surface area (Å²) in [7, 11) is 0. The first-order valence-corrected chi connectivity index (χ1v) is 6.50. The molecule has 2 aromatic heterocycles. The van der Waals surface area contributed by atoms with Crippen molar-refractivity contribution >= 4 is 5.57 Å². The fourth-order valence-corrected chi connectivity index (χ4v) is 1.75. The minimum atomic E-state index is -0.433. The van der Waals surface area contributed by atoms with E-state index in [-0.39, 0.29) is 0 Å². The second-order valence-corrected chi connectivity index (χ2v) is 4.40. The highest BCUT2D eigenvalue weighted by Crippen LogP contribution is 2.14. The fraction of sp³-hybridized carbons (Fsp3) is 0.200. The number of aryl methyl sites for hydroxylation is 1. The van der Waals surface area contributed by atoms with Gasteiger partial charge in [-0.25, -0.2) is 9.37 Å². The SMILES string of the molecule is C=C(C)c1cnccnc(-c2cncc(F)c2)nn1CC. The minimum absolute atomic E-state index is 0.365. The van der Waals surface area contributed by atoms with Crippen molar-refractivity contribution in [2.24, 2.45) is 0 Å². The molecule has 0 saturated heterocycles. The molecule has 0 aliphatic carbocycles. The predicted molar refractivity (Wildman–Crippen MR) is 79.0 cm³/mol. The van der Waals surface area contributed by atoms with E-state index in [1.54, 1.807) is 17.1 Å². The van der Waals surface area contributed by atoms with Crippen LogP contribution >= 0.6 is 0 Å². The lowest BCUT2D eigenvalue weighted by Gasteiger charge is -2.07. The second kappa shape index (κ2) is 6.69. The molecule has 0 radical (unpaired) electrons. The van der Waals surface area contributed by atoms with Crippen molar-refractivity contribution in [2.45, 2.75) is 20.4 Å². The first-order chi connectivity index (χ1) is 10.1. The van der Waals surface area contributed by atoms with Crippen LogP contribution in [0.2, 0.25) is 0 Å². The van der Waals surface area contributed by atoms with Crippen molar-refractivity contribution < 1.29 is 4.39 Å². The lowest BCUT2D eigenvalue weighted by molar-refractivity contribution is 0.619. The quantitative estimate of drug-likeness (QED) is 0.869. The first-order valence-electron chi connectivity index (χ1n) is 6.50. The summed E-state index contributed by atoms with van der Waals surface area (Å²) in [6.07, 6.45) is 7.39. The van der Waals surface area contributed by atoms with E-state index in [4.69, 9.17) is 0 Å². The van der Waals surface area contributed by atoms with Crippen LogP contribution < -0.4 is 0 Å². The van der Waals surface area contributed by atoms with Gasteiger partial charge in [0.25, 0.3) is 0 Å². The van der Waals surface area contributed by atoms with Gasteiger partial charge in [-0.2, -0.15) is 5.10 Å². The van der Waals surface area contributed by atoms with Crippen LogP contribution in [0.4, 0.5) is 4.39 Å². The largest absolute Gasteiger partial charge is 0.262 e. The minimum Gasteiger partial charge on any atom is -0.262 e. The normalized spacial score (nSPS) is 10.0. The Morgan fingerprint density at radius 1 is 1.24 bits per heavy atom. The summed E-state index contributed by atoms with van der Waals surface area (Å²) in [5.74, 6) is -0.0676. The number of hydrogen-bond acceptors (Lipinski definition) is 4. The molecule has 0 aliphatic rings. The zero-order chi connectivity index (χ0) is 15.2. The molecule has 6 heteroatoms. The molecular weight excluding hydrogens is 269 g/mol. The van der Waals surface area contributed by atoms with Gasteiger partial charge >= 0.3 is 0 Å². The van der Waals surface area contributed by atoms with Gasteiger partial charge < -0.3 is 0 Å². The molecule has 21 heavy (non-hydrogen) atoms. The van der Waals surface area contributed by atoms with Gasteiger partial charge in [0.15, 0.2) is 5.82 Å². The molecule has 0 saturated carbocycles. The van der Waals surface area contributed by atoms with E-state index < -0.39 is 5.82 Å². The van der Waals surface area contributed by atoms with Crippen LogP contribution in [-0.4, -0.2) is 24.7 Å². The Balaban J connectivity index is 2.73. The number of rotatable bonds is 3. The topological polar surface area (TPSA) is 56.5 Å². The number of hydrogen-bond donors (Lipinski definition) is 0. The molecular formula is C15H16FN5. The third-order valence-electron chi connectivity index (χ3n) is 2.74. The monoisotopic (exact) mass is 285 g/mol. The van der Waals surface area contributed by atoms with Crippen LogP contribution in [-0.2, 0) is 6.54 Å². The lowest BCUT2D eigenvalue weighted by atomic mass is 10.2. The van der Waals surface area contributed by atoms with Gasteiger partial charge in [0.1, 0.15) is 5.82 Å². The Hall–Kier alpha value is -2.63. The Morgan fingerprint density at radius 3 is 2.71 bits per heavy atom. The van der Waals surface area contributed by atoms with E-state index in [1.165, 1.54) is 18.5 Å². The number of halogens is 1. The van der Waals surface area contributed by atoms with Crippen LogP contribution in [0.1, 0.15) is 19.5 Å². The van der Waals surface area contributed by atoms with Crippen molar-refractivity contribution in [3.8, 4) is 11.4 Å². The van der Waals surface area contributed by atoms with Gasteiger partial charge in [0.05, 0.1) is 18.1 Å². The summed E-state index contributed by atoms with van der Waals surface area (Å²) < 4.78 is 15.1. The van der Waals surface area contributed by atoms with Crippen LogP contribution in [0.15, 0.2) is 43.6 Å². The molecule has 2 rings (SSSR count). The van der Waals surface area contributed by atoms with Gasteiger partial charge in [-0.3, -0.25) is 14.6 Å². The zero-order valence-corrected chi connectivity index (χ0v) is 12.0. The van der Waals surface area contributed by atoms with E-state index in [9.17, 15) is 4.39 Å². The Bertz CT molecular complexity index is 707. The average Bonchev–Trinajstić information content (AvgIpc) is 2.56. The average molecular weight is 285 g/mol. The molecule has 0 bridgehead atoms. The third kappa shape index (κ3) is 3.68. The van der Waals surface area contributed by atoms with Crippen LogP contribution in [0.3, 0.4) is 0 Å². The summed E-state index contributed by atoms with van der Waals surface area (Å²) >= 11 is 0. The number of pyridine rings is 1. The summed E-state index contributed by atoms with van der Waals surface area (Å²) in [4.78, 5) is 12.2. The molecule has 2 heterocycles. The Morgan fingerprint density at radius 2 is 2.05 bits per heavy atom. The molecule has 5 nitrogen and oxygen atoms in total. The summed E-state index contributed by atoms with van der Waals surface area (Å²) in [5, 5.41) is 4.46. The molecule has 0 amide bonds. The Kier molecular flexibility index (Phi) is 4.71. The standard InChI is InChI=1S/C15H16FN5/c1-4-21-14(11(2)3)10-17-5-6-19-15(20-21)12-7-13(16)9-18-8-12/h5-10H,2,4H2,1,3H3. The van der Waals surface area contributed by atoms with Crippen molar-refractivity contribution in [2.75, 3.05) is 0 Å². The molecule has 108 valence electrons. The van der Waals surface area contributed by atoms with Gasteiger partial charge in [0, 0.05) is 30.7 Å². The molecule has 0 atom stereocenters. The highest BCUT2D eigenvalue weighted by Gasteiger charge is 2.04. The molecule has 0 N–H and O–H groups in total. The number of nitrogens with zero attached hydrogens (tertiary/aromatic N) is 5. The van der Waals surface area contributed by atoms with E-state index in [0.717, 1.165) is 17.5 Å². The van der Waals surface area contributed by atoms with Crippen molar-refractivity contribution in [1.82, 2.24) is 24.7 Å². The van der Waals surface area contributed by atoms with Gasteiger partial charge in [-0.05, 0) is 25.5 Å². The molecule has 0 aromatic carbocycles. The molecule has 2 aromatic rings. The van der Waals surface area contributed by atoms with E-state index in [1.807, 2.05) is 13.8 Å². The maximum Gasteiger partial charge on any atom is 0.181 e. The van der Waals surface area contributed by atoms with E-state index >= 15 is 0 Å². The predicted octanol–water partition coefficient (Wildman–Crippen LogP) is 3.05. The fourth-order valence-electron chi connectivity index (χ4n) is 1.75. The van der Waals surface area contributed by atoms with Crippen LogP contribution in [0.25, 0.3) is 17.0 Å². The highest BCUT2D eigenvalue weighted by molar-refractivity contribution is 5.57. The zero-order valence-electron chi connectivity index (χ0n) is 12.0. The van der Waals surface area contributed by atoms with Gasteiger partial charge in [0.2, 0.25) is 0 Å². The smallest absolute Gasteiger partial charge is 0.181 e. The summed E-state index contributed by atoms with van der Waals surface area (Å²) in [6, 6.07) is 1.34. The maximum absolute atomic E-state index is 13.3. The first kappa shape index (κ1) is 14.8. The molecule has 0 fully saturated rings. The maximum atomic E-state index is 13.3. The van der Waals surface area contributed by atoms with Crippen LogP contribution in [0, 0.1) is 5.82 Å².